The van der Waals surface area contributed by atoms with Gasteiger partial charge >= 0.3 is 0 Å². The van der Waals surface area contributed by atoms with E-state index in [-0.39, 0.29) is 5.91 Å². The van der Waals surface area contributed by atoms with E-state index in [9.17, 15) is 4.79 Å². The van der Waals surface area contributed by atoms with Crippen molar-refractivity contribution >= 4 is 32.6 Å². The summed E-state index contributed by atoms with van der Waals surface area (Å²) in [6.45, 7) is 0.509. The van der Waals surface area contributed by atoms with Crippen LogP contribution in [0.2, 0.25) is 0 Å². The number of likely N-dealkylation sites (N-methyl/N-ethyl adjacent to an activating group) is 1. The number of methoxy groups -OCH3 is 1. The number of nitrogens with zero attached hydrogens (tertiary/aromatic N) is 1. The normalized spacial score (nSPS) is 10.7. The van der Waals surface area contributed by atoms with Gasteiger partial charge in [-0.25, -0.2) is 0 Å². The summed E-state index contributed by atoms with van der Waals surface area (Å²) in [7, 11) is 3.47. The molecule has 0 unspecified atom stereocenters. The smallest absolute Gasteiger partial charge is 0.227 e. The summed E-state index contributed by atoms with van der Waals surface area (Å²) in [5, 5.41) is 2.34. The fraction of sp³-hybridized carbons (Fsp3) is 0.190. The van der Waals surface area contributed by atoms with Crippen molar-refractivity contribution in [3.8, 4) is 5.75 Å². The number of halogens is 1. The SMILES string of the molecule is COc1ccc(Br)cc1CN(C)C(=O)Cc1ccc2ccccc2c1. The van der Waals surface area contributed by atoms with Gasteiger partial charge in [-0.3, -0.25) is 4.79 Å². The zero-order valence-electron chi connectivity index (χ0n) is 14.3. The molecule has 128 valence electrons. The lowest BCUT2D eigenvalue weighted by Crippen LogP contribution is -2.27. The van der Waals surface area contributed by atoms with Gasteiger partial charge in [0.2, 0.25) is 5.91 Å². The summed E-state index contributed by atoms with van der Waals surface area (Å²) in [5.74, 6) is 0.867. The van der Waals surface area contributed by atoms with Gasteiger partial charge in [-0.05, 0) is 34.5 Å². The second-order valence-corrected chi connectivity index (χ2v) is 6.98. The fourth-order valence-corrected chi connectivity index (χ4v) is 3.28. The van der Waals surface area contributed by atoms with E-state index in [1.165, 1.54) is 5.39 Å². The maximum absolute atomic E-state index is 12.6. The first-order valence-corrected chi connectivity index (χ1v) is 8.90. The number of ether oxygens (including phenoxy) is 1. The van der Waals surface area contributed by atoms with Crippen LogP contribution in [-0.4, -0.2) is 25.0 Å². The second kappa shape index (κ2) is 7.70. The molecule has 0 N–H and O–H groups in total. The Kier molecular flexibility index (Phi) is 5.39. The van der Waals surface area contributed by atoms with Crippen LogP contribution < -0.4 is 4.74 Å². The van der Waals surface area contributed by atoms with Gasteiger partial charge in [0, 0.05) is 23.6 Å². The average molecular weight is 398 g/mol. The van der Waals surface area contributed by atoms with Crippen molar-refractivity contribution < 1.29 is 9.53 Å². The highest BCUT2D eigenvalue weighted by atomic mass is 79.9. The molecule has 0 aliphatic rings. The molecule has 0 bridgehead atoms. The number of amides is 1. The number of fused-ring (bicyclic) bond motifs is 1. The molecule has 3 aromatic rings. The maximum atomic E-state index is 12.6. The van der Waals surface area contributed by atoms with E-state index in [1.54, 1.807) is 12.0 Å². The van der Waals surface area contributed by atoms with Crippen LogP contribution in [0.3, 0.4) is 0 Å². The molecule has 0 heterocycles. The Morgan fingerprint density at radius 2 is 1.80 bits per heavy atom. The molecule has 3 aromatic carbocycles. The number of benzene rings is 3. The summed E-state index contributed by atoms with van der Waals surface area (Å²) < 4.78 is 6.36. The molecule has 0 aliphatic heterocycles. The maximum Gasteiger partial charge on any atom is 0.227 e. The van der Waals surface area contributed by atoms with E-state index in [0.29, 0.717) is 13.0 Å². The monoisotopic (exact) mass is 397 g/mol. The summed E-state index contributed by atoms with van der Waals surface area (Å²) in [4.78, 5) is 14.3. The average Bonchev–Trinajstić information content (AvgIpc) is 2.61. The largest absolute Gasteiger partial charge is 0.496 e. The van der Waals surface area contributed by atoms with E-state index in [1.807, 2.05) is 43.4 Å². The second-order valence-electron chi connectivity index (χ2n) is 6.06. The molecule has 3 nitrogen and oxygen atoms in total. The van der Waals surface area contributed by atoms with Crippen LogP contribution in [0.1, 0.15) is 11.1 Å². The van der Waals surface area contributed by atoms with Gasteiger partial charge in [-0.1, -0.05) is 58.4 Å². The highest BCUT2D eigenvalue weighted by Gasteiger charge is 2.13. The Bertz CT molecular complexity index is 907. The Labute approximate surface area is 156 Å². The van der Waals surface area contributed by atoms with Crippen LogP contribution in [-0.2, 0) is 17.8 Å². The van der Waals surface area contributed by atoms with Crippen molar-refractivity contribution in [1.82, 2.24) is 4.90 Å². The Balaban J connectivity index is 1.72. The lowest BCUT2D eigenvalue weighted by Gasteiger charge is -2.19. The van der Waals surface area contributed by atoms with Gasteiger partial charge in [0.1, 0.15) is 5.75 Å². The zero-order valence-corrected chi connectivity index (χ0v) is 15.9. The first-order valence-electron chi connectivity index (χ1n) is 8.11. The first kappa shape index (κ1) is 17.5. The van der Waals surface area contributed by atoms with Crippen LogP contribution >= 0.6 is 15.9 Å². The first-order chi connectivity index (χ1) is 12.1. The molecule has 0 fully saturated rings. The number of hydrogen-bond acceptors (Lipinski definition) is 2. The summed E-state index contributed by atoms with van der Waals surface area (Å²) in [6, 6.07) is 20.2. The third-order valence-corrected chi connectivity index (χ3v) is 4.74. The van der Waals surface area contributed by atoms with Crippen LogP contribution in [0.4, 0.5) is 0 Å². The van der Waals surface area contributed by atoms with Crippen LogP contribution in [0.5, 0.6) is 5.75 Å². The summed E-state index contributed by atoms with van der Waals surface area (Å²) in [6.07, 6.45) is 0.387. The molecule has 4 heteroatoms. The van der Waals surface area contributed by atoms with Crippen molar-refractivity contribution in [2.75, 3.05) is 14.2 Å². The van der Waals surface area contributed by atoms with Crippen molar-refractivity contribution in [2.24, 2.45) is 0 Å². The molecule has 1 amide bonds. The molecule has 25 heavy (non-hydrogen) atoms. The van der Waals surface area contributed by atoms with Crippen LogP contribution in [0, 0.1) is 0 Å². The number of rotatable bonds is 5. The quantitative estimate of drug-likeness (QED) is 0.617. The number of carbonyl (C=O) groups is 1. The highest BCUT2D eigenvalue weighted by Crippen LogP contribution is 2.24. The molecule has 0 atom stereocenters. The molecule has 3 rings (SSSR count). The minimum absolute atomic E-state index is 0.0808. The predicted octanol–water partition coefficient (Wildman–Crippen LogP) is 4.81. The lowest BCUT2D eigenvalue weighted by molar-refractivity contribution is -0.129. The van der Waals surface area contributed by atoms with E-state index in [2.05, 4.69) is 40.2 Å². The lowest BCUT2D eigenvalue weighted by atomic mass is 10.0. The molecular weight excluding hydrogens is 378 g/mol. The highest BCUT2D eigenvalue weighted by molar-refractivity contribution is 9.10. The third-order valence-electron chi connectivity index (χ3n) is 4.24. The van der Waals surface area contributed by atoms with Crippen molar-refractivity contribution in [3.05, 3.63) is 76.3 Å². The molecule has 0 aliphatic carbocycles. The molecule has 0 saturated heterocycles. The van der Waals surface area contributed by atoms with Crippen LogP contribution in [0.25, 0.3) is 10.8 Å². The van der Waals surface area contributed by atoms with E-state index >= 15 is 0 Å². The Hall–Kier alpha value is -2.33. The van der Waals surface area contributed by atoms with Crippen molar-refractivity contribution in [3.63, 3.8) is 0 Å². The van der Waals surface area contributed by atoms with Gasteiger partial charge in [0.15, 0.2) is 0 Å². The minimum Gasteiger partial charge on any atom is -0.496 e. The summed E-state index contributed by atoms with van der Waals surface area (Å²) >= 11 is 3.47. The molecule has 0 spiro atoms. The Morgan fingerprint density at radius 1 is 1.04 bits per heavy atom. The zero-order chi connectivity index (χ0) is 17.8. The summed E-state index contributed by atoms with van der Waals surface area (Å²) in [5.41, 5.74) is 2.00. The standard InChI is InChI=1S/C21H20BrNO2/c1-23(14-18-13-19(22)9-10-20(18)25-2)21(24)12-15-7-8-16-5-3-4-6-17(16)11-15/h3-11,13H,12,14H2,1-2H3. The van der Waals surface area contributed by atoms with Gasteiger partial charge < -0.3 is 9.64 Å². The molecule has 0 aromatic heterocycles. The number of carbonyl (C=O) groups excluding carboxylic acids is 1. The Morgan fingerprint density at radius 3 is 2.56 bits per heavy atom. The molecule has 0 saturated carbocycles. The van der Waals surface area contributed by atoms with Crippen LogP contribution in [0.15, 0.2) is 65.1 Å². The topological polar surface area (TPSA) is 29.5 Å². The minimum atomic E-state index is 0.0808. The van der Waals surface area contributed by atoms with E-state index in [4.69, 9.17) is 4.74 Å². The van der Waals surface area contributed by atoms with Crippen molar-refractivity contribution in [2.45, 2.75) is 13.0 Å². The number of hydrogen-bond donors (Lipinski definition) is 0. The van der Waals surface area contributed by atoms with Crippen molar-refractivity contribution in [1.29, 1.82) is 0 Å². The van der Waals surface area contributed by atoms with Gasteiger partial charge in [0.05, 0.1) is 13.5 Å². The predicted molar refractivity (Wildman–Crippen MR) is 105 cm³/mol. The van der Waals surface area contributed by atoms with E-state index in [0.717, 1.165) is 26.7 Å². The molecule has 0 radical (unpaired) electrons. The fourth-order valence-electron chi connectivity index (χ4n) is 2.87. The van der Waals surface area contributed by atoms with Gasteiger partial charge in [-0.2, -0.15) is 0 Å². The van der Waals surface area contributed by atoms with E-state index < -0.39 is 0 Å². The third kappa shape index (κ3) is 4.20. The molecular formula is C21H20BrNO2. The van der Waals surface area contributed by atoms with Gasteiger partial charge in [-0.15, -0.1) is 0 Å². The van der Waals surface area contributed by atoms with Gasteiger partial charge in [0.25, 0.3) is 0 Å².